The lowest BCUT2D eigenvalue weighted by molar-refractivity contribution is -0.191. The molecule has 2 nitrogen and oxygen atoms in total. The summed E-state index contributed by atoms with van der Waals surface area (Å²) in [4.78, 5) is 11.2. The van der Waals surface area contributed by atoms with Crippen LogP contribution in [-0.4, -0.2) is 11.9 Å². The van der Waals surface area contributed by atoms with Crippen molar-refractivity contribution in [1.82, 2.24) is 0 Å². The lowest BCUT2D eigenvalue weighted by Crippen LogP contribution is -2.35. The largest absolute Gasteiger partial charge is 0.461 e. The normalized spacial score (nSPS) is 11.6. The Balaban J connectivity index is 2.68. The van der Waals surface area contributed by atoms with Crippen LogP contribution in [0.5, 0.6) is 5.75 Å². The van der Waals surface area contributed by atoms with E-state index in [4.69, 9.17) is 0 Å². The number of alkyl halides is 2. The van der Waals surface area contributed by atoms with E-state index >= 15 is 0 Å². The quantitative estimate of drug-likeness (QED) is 0.773. The van der Waals surface area contributed by atoms with Crippen LogP contribution in [0.3, 0.4) is 0 Å². The summed E-state index contributed by atoms with van der Waals surface area (Å²) in [6.45, 7) is 3.41. The average molecular weight is 228 g/mol. The molecule has 0 amide bonds. The molecule has 0 N–H and O–H groups in total. The highest BCUT2D eigenvalue weighted by atomic mass is 19.3. The maximum atomic E-state index is 13.3. The van der Waals surface area contributed by atoms with Crippen molar-refractivity contribution in [3.8, 4) is 5.75 Å². The zero-order chi connectivity index (χ0) is 12.2. The Bertz CT molecular complexity index is 347. The average Bonchev–Trinajstić information content (AvgIpc) is 2.17. The molecule has 4 heteroatoms. The fraction of sp³-hybridized carbons (Fsp3) is 0.417. The summed E-state index contributed by atoms with van der Waals surface area (Å²) in [7, 11) is 0. The fourth-order valence-corrected chi connectivity index (χ4v) is 1.18. The van der Waals surface area contributed by atoms with E-state index in [0.29, 0.717) is 0 Å². The molecule has 0 fully saturated rings. The molecule has 88 valence electrons. The Morgan fingerprint density at radius 2 is 1.88 bits per heavy atom. The number of ketones is 1. The second-order valence-electron chi connectivity index (χ2n) is 3.95. The number of para-hydroxylation sites is 1. The predicted molar refractivity (Wildman–Crippen MR) is 56.5 cm³/mol. The molecule has 0 saturated carbocycles. The van der Waals surface area contributed by atoms with Gasteiger partial charge in [0, 0.05) is 6.42 Å². The van der Waals surface area contributed by atoms with Gasteiger partial charge in [-0.25, -0.2) is 0 Å². The fourth-order valence-electron chi connectivity index (χ4n) is 1.18. The van der Waals surface area contributed by atoms with Crippen LogP contribution in [0, 0.1) is 5.92 Å². The zero-order valence-electron chi connectivity index (χ0n) is 9.24. The van der Waals surface area contributed by atoms with Crippen LogP contribution in [0.2, 0.25) is 0 Å². The lowest BCUT2D eigenvalue weighted by Gasteiger charge is -2.17. The summed E-state index contributed by atoms with van der Waals surface area (Å²) in [5.41, 5.74) is 0. The maximum Gasteiger partial charge on any atom is 0.461 e. The first kappa shape index (κ1) is 12.6. The first-order chi connectivity index (χ1) is 7.42. The number of Topliss-reactive ketones (excluding diaryl/α,β-unsaturated/α-hetero) is 1. The molecule has 0 radical (unpaired) electrons. The Morgan fingerprint density at radius 3 is 2.38 bits per heavy atom. The maximum absolute atomic E-state index is 13.3. The molecule has 0 aliphatic rings. The molecule has 0 aliphatic heterocycles. The third kappa shape index (κ3) is 3.61. The minimum atomic E-state index is -3.74. The summed E-state index contributed by atoms with van der Waals surface area (Å²) in [6, 6.07) is 7.59. The zero-order valence-corrected chi connectivity index (χ0v) is 9.24. The Morgan fingerprint density at radius 1 is 1.31 bits per heavy atom. The number of ether oxygens (including phenoxy) is 1. The van der Waals surface area contributed by atoms with Gasteiger partial charge >= 0.3 is 6.11 Å². The van der Waals surface area contributed by atoms with E-state index in [1.165, 1.54) is 12.1 Å². The van der Waals surface area contributed by atoms with Gasteiger partial charge in [0.15, 0.2) is 0 Å². The van der Waals surface area contributed by atoms with Crippen LogP contribution in [0.1, 0.15) is 20.3 Å². The van der Waals surface area contributed by atoms with Gasteiger partial charge in [-0.15, -0.1) is 0 Å². The molecule has 0 heterocycles. The van der Waals surface area contributed by atoms with E-state index < -0.39 is 11.9 Å². The van der Waals surface area contributed by atoms with Gasteiger partial charge < -0.3 is 4.74 Å². The minimum Gasteiger partial charge on any atom is -0.427 e. The molecule has 16 heavy (non-hydrogen) atoms. The summed E-state index contributed by atoms with van der Waals surface area (Å²) in [5, 5.41) is 0. The van der Waals surface area contributed by atoms with E-state index in [2.05, 4.69) is 4.74 Å². The van der Waals surface area contributed by atoms with Gasteiger partial charge in [0.05, 0.1) is 0 Å². The van der Waals surface area contributed by atoms with Crippen molar-refractivity contribution in [1.29, 1.82) is 0 Å². The molecular formula is C12H14F2O2. The number of hydrogen-bond acceptors (Lipinski definition) is 2. The molecule has 0 bridgehead atoms. The van der Waals surface area contributed by atoms with Crippen molar-refractivity contribution in [2.75, 3.05) is 0 Å². The molecule has 1 rings (SSSR count). The minimum absolute atomic E-state index is 0.00962. The number of hydrogen-bond donors (Lipinski definition) is 0. The molecule has 1 aromatic carbocycles. The van der Waals surface area contributed by atoms with Crippen molar-refractivity contribution in [2.24, 2.45) is 5.92 Å². The summed E-state index contributed by atoms with van der Waals surface area (Å²) >= 11 is 0. The third-order valence-corrected chi connectivity index (χ3v) is 1.91. The Hall–Kier alpha value is -1.45. The molecule has 0 spiro atoms. The highest BCUT2D eigenvalue weighted by Crippen LogP contribution is 2.24. The van der Waals surface area contributed by atoms with Crippen molar-refractivity contribution in [3.63, 3.8) is 0 Å². The van der Waals surface area contributed by atoms with E-state index in [9.17, 15) is 13.6 Å². The third-order valence-electron chi connectivity index (χ3n) is 1.91. The molecule has 0 aromatic heterocycles. The van der Waals surface area contributed by atoms with Crippen molar-refractivity contribution in [3.05, 3.63) is 30.3 Å². The van der Waals surface area contributed by atoms with Gasteiger partial charge in [-0.3, -0.25) is 4.79 Å². The number of carbonyl (C=O) groups excluding carboxylic acids is 1. The van der Waals surface area contributed by atoms with Crippen molar-refractivity contribution < 1.29 is 18.3 Å². The van der Waals surface area contributed by atoms with Gasteiger partial charge in [-0.2, -0.15) is 8.78 Å². The van der Waals surface area contributed by atoms with E-state index in [1.54, 1.807) is 32.0 Å². The number of carbonyl (C=O) groups is 1. The van der Waals surface area contributed by atoms with E-state index in [-0.39, 0.29) is 18.1 Å². The Kier molecular flexibility index (Phi) is 3.99. The highest BCUT2D eigenvalue weighted by Gasteiger charge is 2.41. The molecular weight excluding hydrogens is 214 g/mol. The predicted octanol–water partition coefficient (Wildman–Crippen LogP) is 3.27. The Labute approximate surface area is 93.2 Å². The molecule has 0 atom stereocenters. The summed E-state index contributed by atoms with van der Waals surface area (Å²) in [6.07, 6.45) is -3.94. The number of benzene rings is 1. The van der Waals surface area contributed by atoms with Crippen LogP contribution in [0.15, 0.2) is 30.3 Å². The van der Waals surface area contributed by atoms with Crippen LogP contribution in [-0.2, 0) is 4.79 Å². The van der Waals surface area contributed by atoms with Gasteiger partial charge in [0.1, 0.15) is 5.75 Å². The standard InChI is InChI=1S/C12H14F2O2/c1-9(2)8-11(15)12(13,14)16-10-6-4-3-5-7-10/h3-7,9H,8H2,1-2H3. The lowest BCUT2D eigenvalue weighted by atomic mass is 10.1. The smallest absolute Gasteiger partial charge is 0.427 e. The second-order valence-corrected chi connectivity index (χ2v) is 3.95. The van der Waals surface area contributed by atoms with Crippen LogP contribution in [0.25, 0.3) is 0 Å². The monoisotopic (exact) mass is 228 g/mol. The molecule has 1 aromatic rings. The summed E-state index contributed by atoms with van der Waals surface area (Å²) < 4.78 is 31.0. The molecule has 0 unspecified atom stereocenters. The van der Waals surface area contributed by atoms with Gasteiger partial charge in [0.25, 0.3) is 0 Å². The van der Waals surface area contributed by atoms with E-state index in [1.807, 2.05) is 0 Å². The second kappa shape index (κ2) is 5.05. The van der Waals surface area contributed by atoms with Gasteiger partial charge in [-0.05, 0) is 18.1 Å². The van der Waals surface area contributed by atoms with Crippen LogP contribution >= 0.6 is 0 Å². The number of rotatable bonds is 5. The van der Waals surface area contributed by atoms with Crippen LogP contribution < -0.4 is 4.74 Å². The van der Waals surface area contributed by atoms with E-state index in [0.717, 1.165) is 0 Å². The topological polar surface area (TPSA) is 26.3 Å². The number of halogens is 2. The molecule has 0 saturated heterocycles. The first-order valence-electron chi connectivity index (χ1n) is 5.07. The SMILES string of the molecule is CC(C)CC(=O)C(F)(F)Oc1ccccc1. The van der Waals surface area contributed by atoms with Crippen LogP contribution in [0.4, 0.5) is 8.78 Å². The summed E-state index contributed by atoms with van der Waals surface area (Å²) in [5.74, 6) is -1.31. The first-order valence-corrected chi connectivity index (χ1v) is 5.07. The van der Waals surface area contributed by atoms with Crippen molar-refractivity contribution >= 4 is 5.78 Å². The van der Waals surface area contributed by atoms with Gasteiger partial charge in [0.2, 0.25) is 5.78 Å². The highest BCUT2D eigenvalue weighted by molar-refractivity contribution is 5.84. The van der Waals surface area contributed by atoms with Gasteiger partial charge in [-0.1, -0.05) is 32.0 Å². The molecule has 0 aliphatic carbocycles. The van der Waals surface area contributed by atoms with Crippen molar-refractivity contribution in [2.45, 2.75) is 26.4 Å².